The largest absolute Gasteiger partial charge is 0.396 e. The molecule has 3 amide bonds. The van der Waals surface area contributed by atoms with Crippen LogP contribution >= 0.6 is 22.9 Å². The second-order valence-corrected chi connectivity index (χ2v) is 12.7. The highest BCUT2D eigenvalue weighted by Gasteiger charge is 2.37. The van der Waals surface area contributed by atoms with Crippen molar-refractivity contribution in [3.05, 3.63) is 46.4 Å². The summed E-state index contributed by atoms with van der Waals surface area (Å²) in [6.07, 6.45) is 1.70. The number of hydrogen-bond donors (Lipinski definition) is 5. The molecule has 2 aromatic carbocycles. The Morgan fingerprint density at radius 1 is 1.10 bits per heavy atom. The molecule has 1 heterocycles. The number of anilines is 1. The Morgan fingerprint density at radius 2 is 1.82 bits per heavy atom. The van der Waals surface area contributed by atoms with E-state index in [0.29, 0.717) is 32.1 Å². The standard InChI is InChI=1S/C25H27ClN4O7S2/c26-18-11-19-20(10-17(18)14-2-4-15(5-3-14)29-22(34)13-32)38-25(30-19)23(39(36,37)9-1-8-31)24(35)27-12-21(33)28-16-6-7-16/h2-5,10-11,16,23,31-32H,1,6-9,12-13H2,(H,27,35)(H,28,33)(H,29,34). The van der Waals surface area contributed by atoms with Crippen LogP contribution in [0, 0.1) is 0 Å². The van der Waals surface area contributed by atoms with Gasteiger partial charge in [0, 0.05) is 23.9 Å². The molecule has 4 rings (SSSR count). The number of carbonyl (C=O) groups is 3. The minimum Gasteiger partial charge on any atom is -0.396 e. The molecule has 3 aromatic rings. The molecule has 39 heavy (non-hydrogen) atoms. The van der Waals surface area contributed by atoms with Crippen molar-refractivity contribution in [2.75, 3.05) is 30.8 Å². The summed E-state index contributed by atoms with van der Waals surface area (Å²) in [4.78, 5) is 40.9. The van der Waals surface area contributed by atoms with Crippen LogP contribution in [0.1, 0.15) is 29.5 Å². The molecule has 1 aliphatic rings. The molecule has 1 aliphatic carbocycles. The zero-order chi connectivity index (χ0) is 28.2. The maximum atomic E-state index is 13.1. The first-order chi connectivity index (χ1) is 18.6. The van der Waals surface area contributed by atoms with Gasteiger partial charge in [0.15, 0.2) is 15.1 Å². The van der Waals surface area contributed by atoms with Crippen LogP contribution in [0.2, 0.25) is 5.02 Å². The van der Waals surface area contributed by atoms with Crippen LogP contribution in [0.15, 0.2) is 36.4 Å². The summed E-state index contributed by atoms with van der Waals surface area (Å²) in [6, 6.07) is 10.2. The maximum Gasteiger partial charge on any atom is 0.250 e. The second-order valence-electron chi connectivity index (χ2n) is 9.02. The summed E-state index contributed by atoms with van der Waals surface area (Å²) in [5.74, 6) is -2.25. The Morgan fingerprint density at radius 3 is 2.46 bits per heavy atom. The summed E-state index contributed by atoms with van der Waals surface area (Å²) in [7, 11) is -4.07. The van der Waals surface area contributed by atoms with Gasteiger partial charge < -0.3 is 26.2 Å². The summed E-state index contributed by atoms with van der Waals surface area (Å²) < 4.78 is 26.9. The fraction of sp³-hybridized carbons (Fsp3) is 0.360. The van der Waals surface area contributed by atoms with Crippen molar-refractivity contribution in [2.24, 2.45) is 0 Å². The van der Waals surface area contributed by atoms with Gasteiger partial charge in [-0.2, -0.15) is 0 Å². The van der Waals surface area contributed by atoms with Crippen LogP contribution in [-0.2, 0) is 24.2 Å². The summed E-state index contributed by atoms with van der Waals surface area (Å²) in [5, 5.41) is 24.4. The maximum absolute atomic E-state index is 13.1. The first-order valence-electron chi connectivity index (χ1n) is 12.1. The van der Waals surface area contributed by atoms with E-state index in [1.807, 2.05) is 0 Å². The fourth-order valence-electron chi connectivity index (χ4n) is 3.81. The number of carbonyl (C=O) groups excluding carboxylic acids is 3. The summed E-state index contributed by atoms with van der Waals surface area (Å²) >= 11 is 7.54. The molecule has 0 aliphatic heterocycles. The Bertz CT molecular complexity index is 1490. The Labute approximate surface area is 233 Å². The van der Waals surface area contributed by atoms with Crippen LogP contribution in [0.25, 0.3) is 21.3 Å². The number of aliphatic hydroxyl groups is 2. The average molecular weight is 595 g/mol. The van der Waals surface area contributed by atoms with Crippen molar-refractivity contribution >= 4 is 66.4 Å². The van der Waals surface area contributed by atoms with Gasteiger partial charge in [0.05, 0.1) is 27.5 Å². The number of fused-ring (bicyclic) bond motifs is 1. The molecule has 1 atom stereocenters. The van der Waals surface area contributed by atoms with Crippen LogP contribution in [0.3, 0.4) is 0 Å². The van der Waals surface area contributed by atoms with Gasteiger partial charge in [-0.15, -0.1) is 11.3 Å². The Kier molecular flexibility index (Phi) is 9.18. The first kappa shape index (κ1) is 28.9. The van der Waals surface area contributed by atoms with Crippen molar-refractivity contribution in [3.63, 3.8) is 0 Å². The predicted molar refractivity (Wildman–Crippen MR) is 148 cm³/mol. The molecule has 0 radical (unpaired) electrons. The van der Waals surface area contributed by atoms with E-state index in [1.54, 1.807) is 36.4 Å². The van der Waals surface area contributed by atoms with Crippen molar-refractivity contribution in [2.45, 2.75) is 30.6 Å². The van der Waals surface area contributed by atoms with E-state index in [2.05, 4.69) is 20.9 Å². The number of aromatic nitrogens is 1. The number of sulfone groups is 1. The molecular formula is C25H27ClN4O7S2. The van der Waals surface area contributed by atoms with E-state index < -0.39 is 45.2 Å². The van der Waals surface area contributed by atoms with Crippen LogP contribution < -0.4 is 16.0 Å². The van der Waals surface area contributed by atoms with E-state index in [9.17, 15) is 22.8 Å². The number of nitrogens with one attached hydrogen (secondary N) is 3. The van der Waals surface area contributed by atoms with Gasteiger partial charge in [-0.05, 0) is 49.1 Å². The molecule has 208 valence electrons. The van der Waals surface area contributed by atoms with E-state index in [4.69, 9.17) is 21.8 Å². The van der Waals surface area contributed by atoms with Gasteiger partial charge in [0.25, 0.3) is 0 Å². The van der Waals surface area contributed by atoms with Crippen molar-refractivity contribution in [3.8, 4) is 11.1 Å². The average Bonchev–Trinajstić information content (AvgIpc) is 3.63. The van der Waals surface area contributed by atoms with Gasteiger partial charge in [0.1, 0.15) is 11.6 Å². The summed E-state index contributed by atoms with van der Waals surface area (Å²) in [6.45, 7) is -1.37. The molecule has 14 heteroatoms. The van der Waals surface area contributed by atoms with Crippen molar-refractivity contribution < 1.29 is 33.0 Å². The molecule has 1 fully saturated rings. The third-order valence-electron chi connectivity index (χ3n) is 5.89. The number of halogens is 1. The number of rotatable bonds is 12. The smallest absolute Gasteiger partial charge is 0.250 e. The lowest BCUT2D eigenvalue weighted by atomic mass is 10.0. The number of hydrogen-bond acceptors (Lipinski definition) is 9. The predicted octanol–water partition coefficient (Wildman–Crippen LogP) is 1.78. The molecule has 0 spiro atoms. The van der Waals surface area contributed by atoms with Crippen LogP contribution in [0.4, 0.5) is 5.69 Å². The molecule has 1 aromatic heterocycles. The highest BCUT2D eigenvalue weighted by Crippen LogP contribution is 2.38. The quantitative estimate of drug-likeness (QED) is 0.211. The third kappa shape index (κ3) is 7.31. The van der Waals surface area contributed by atoms with Gasteiger partial charge >= 0.3 is 0 Å². The molecule has 1 unspecified atom stereocenters. The normalized spacial score (nSPS) is 14.1. The monoisotopic (exact) mass is 594 g/mol. The van der Waals surface area contributed by atoms with E-state index in [1.165, 1.54) is 0 Å². The molecular weight excluding hydrogens is 568 g/mol. The topological polar surface area (TPSA) is 175 Å². The van der Waals surface area contributed by atoms with E-state index in [0.717, 1.165) is 24.2 Å². The number of amides is 3. The molecule has 5 N–H and O–H groups in total. The Balaban J connectivity index is 1.63. The minimum absolute atomic E-state index is 0.0262. The highest BCUT2D eigenvalue weighted by molar-refractivity contribution is 7.92. The second kappa shape index (κ2) is 12.4. The van der Waals surface area contributed by atoms with Gasteiger partial charge in [-0.3, -0.25) is 14.4 Å². The number of nitrogens with zero attached hydrogens (tertiary/aromatic N) is 1. The van der Waals surface area contributed by atoms with Crippen LogP contribution in [0.5, 0.6) is 0 Å². The number of thiazole rings is 1. The molecule has 11 nitrogen and oxygen atoms in total. The molecule has 1 saturated carbocycles. The number of benzene rings is 2. The lowest BCUT2D eigenvalue weighted by Gasteiger charge is -2.15. The number of aliphatic hydroxyl groups excluding tert-OH is 2. The third-order valence-corrected chi connectivity index (χ3v) is 9.45. The Hall–Kier alpha value is -3.10. The summed E-state index contributed by atoms with van der Waals surface area (Å²) in [5.41, 5.74) is 2.23. The highest BCUT2D eigenvalue weighted by atomic mass is 35.5. The SMILES string of the molecule is O=C(CO)Nc1ccc(-c2cc3sc(C(C(=O)NCC(=O)NC4CC4)S(=O)(=O)CCCO)nc3cc2Cl)cc1. The first-order valence-corrected chi connectivity index (χ1v) is 15.0. The van der Waals surface area contributed by atoms with Crippen molar-refractivity contribution in [1.29, 1.82) is 0 Å². The zero-order valence-electron chi connectivity index (χ0n) is 20.6. The fourth-order valence-corrected chi connectivity index (χ4v) is 7.17. The zero-order valence-corrected chi connectivity index (χ0v) is 23.0. The van der Waals surface area contributed by atoms with E-state index in [-0.39, 0.29) is 30.6 Å². The van der Waals surface area contributed by atoms with Gasteiger partial charge in [-0.1, -0.05) is 23.7 Å². The van der Waals surface area contributed by atoms with E-state index >= 15 is 0 Å². The molecule has 0 saturated heterocycles. The van der Waals surface area contributed by atoms with Gasteiger partial charge in [-0.25, -0.2) is 13.4 Å². The van der Waals surface area contributed by atoms with Crippen LogP contribution in [-0.4, -0.2) is 72.9 Å². The lowest BCUT2D eigenvalue weighted by Crippen LogP contribution is -2.41. The minimum atomic E-state index is -4.07. The molecule has 0 bridgehead atoms. The van der Waals surface area contributed by atoms with Gasteiger partial charge in [0.2, 0.25) is 17.7 Å². The lowest BCUT2D eigenvalue weighted by molar-refractivity contribution is -0.126. The van der Waals surface area contributed by atoms with Crippen molar-refractivity contribution in [1.82, 2.24) is 15.6 Å².